The fourth-order valence-corrected chi connectivity index (χ4v) is 2.43. The molecule has 1 fully saturated rings. The molecule has 0 aromatic heterocycles. The summed E-state index contributed by atoms with van der Waals surface area (Å²) in [6, 6.07) is 13.5. The van der Waals surface area contributed by atoms with Crippen molar-refractivity contribution in [2.75, 3.05) is 5.32 Å². The second-order valence-electron chi connectivity index (χ2n) is 4.87. The Morgan fingerprint density at radius 1 is 1.05 bits per heavy atom. The van der Waals surface area contributed by atoms with Crippen molar-refractivity contribution in [1.82, 2.24) is 0 Å². The standard InChI is InChI=1S/C15H12ClNO2/c16-13(18)15(7-8-15)14(19)17-12-6-5-10-3-1-2-4-11(10)9-12/h1-6,9H,7-8H2,(H,17,19). The van der Waals surface area contributed by atoms with Crippen LogP contribution < -0.4 is 5.32 Å². The molecule has 0 heterocycles. The SMILES string of the molecule is O=C(Cl)C1(C(=O)Nc2ccc3ccccc3c2)CC1. The van der Waals surface area contributed by atoms with Crippen LogP contribution in [0.5, 0.6) is 0 Å². The molecule has 1 aliphatic carbocycles. The minimum atomic E-state index is -0.993. The second-order valence-corrected chi connectivity index (χ2v) is 5.22. The van der Waals surface area contributed by atoms with E-state index in [1.165, 1.54) is 0 Å². The first-order chi connectivity index (χ1) is 9.12. The maximum Gasteiger partial charge on any atom is 0.239 e. The molecule has 1 amide bonds. The van der Waals surface area contributed by atoms with Crippen molar-refractivity contribution in [1.29, 1.82) is 0 Å². The highest BCUT2D eigenvalue weighted by Crippen LogP contribution is 2.48. The van der Waals surface area contributed by atoms with Crippen LogP contribution >= 0.6 is 11.6 Å². The van der Waals surface area contributed by atoms with Crippen molar-refractivity contribution in [2.24, 2.45) is 5.41 Å². The zero-order chi connectivity index (χ0) is 13.5. The minimum absolute atomic E-state index is 0.303. The van der Waals surface area contributed by atoms with Crippen LogP contribution in [0.25, 0.3) is 10.8 Å². The predicted molar refractivity (Wildman–Crippen MR) is 75.1 cm³/mol. The largest absolute Gasteiger partial charge is 0.325 e. The van der Waals surface area contributed by atoms with E-state index in [2.05, 4.69) is 5.32 Å². The molecule has 0 unspecified atom stereocenters. The van der Waals surface area contributed by atoms with Crippen LogP contribution in [0.15, 0.2) is 42.5 Å². The smallest absolute Gasteiger partial charge is 0.239 e. The Morgan fingerprint density at radius 2 is 1.74 bits per heavy atom. The van der Waals surface area contributed by atoms with E-state index in [0.29, 0.717) is 18.5 Å². The summed E-state index contributed by atoms with van der Waals surface area (Å²) >= 11 is 5.49. The van der Waals surface area contributed by atoms with Gasteiger partial charge in [0, 0.05) is 5.69 Å². The number of fused-ring (bicyclic) bond motifs is 1. The summed E-state index contributed by atoms with van der Waals surface area (Å²) in [7, 11) is 0. The molecular weight excluding hydrogens is 262 g/mol. The Bertz CT molecular complexity index is 677. The fraction of sp³-hybridized carbons (Fsp3) is 0.200. The average Bonchev–Trinajstić information content (AvgIpc) is 3.20. The molecule has 1 N–H and O–H groups in total. The Morgan fingerprint density at radius 3 is 2.37 bits per heavy atom. The molecule has 2 aromatic carbocycles. The van der Waals surface area contributed by atoms with Gasteiger partial charge in [0.2, 0.25) is 11.1 Å². The highest BCUT2D eigenvalue weighted by atomic mass is 35.5. The van der Waals surface area contributed by atoms with Gasteiger partial charge in [-0.25, -0.2) is 0 Å². The van der Waals surface area contributed by atoms with Gasteiger partial charge in [0.05, 0.1) is 0 Å². The van der Waals surface area contributed by atoms with E-state index in [1.807, 2.05) is 42.5 Å². The van der Waals surface area contributed by atoms with Crippen molar-refractivity contribution in [3.8, 4) is 0 Å². The molecule has 0 saturated heterocycles. The predicted octanol–water partition coefficient (Wildman–Crippen LogP) is 3.32. The first-order valence-corrected chi connectivity index (χ1v) is 6.50. The third-order valence-electron chi connectivity index (χ3n) is 3.57. The van der Waals surface area contributed by atoms with Crippen LogP contribution in [-0.4, -0.2) is 11.1 Å². The number of nitrogens with one attached hydrogen (secondary N) is 1. The maximum atomic E-state index is 12.1. The van der Waals surface area contributed by atoms with Crippen LogP contribution in [-0.2, 0) is 9.59 Å². The fourth-order valence-electron chi connectivity index (χ4n) is 2.16. The Balaban J connectivity index is 1.86. The molecule has 1 aliphatic rings. The number of anilines is 1. The molecule has 0 aliphatic heterocycles. The lowest BCUT2D eigenvalue weighted by Gasteiger charge is -2.11. The monoisotopic (exact) mass is 273 g/mol. The number of benzene rings is 2. The van der Waals surface area contributed by atoms with Gasteiger partial charge in [0.1, 0.15) is 5.41 Å². The molecule has 0 spiro atoms. The van der Waals surface area contributed by atoms with E-state index >= 15 is 0 Å². The molecule has 3 rings (SSSR count). The van der Waals surface area contributed by atoms with Crippen LogP contribution in [0, 0.1) is 5.41 Å². The minimum Gasteiger partial charge on any atom is -0.325 e. The number of rotatable bonds is 3. The number of carbonyl (C=O) groups is 2. The molecule has 0 atom stereocenters. The quantitative estimate of drug-likeness (QED) is 0.689. The zero-order valence-electron chi connectivity index (χ0n) is 10.2. The van der Waals surface area contributed by atoms with Crippen molar-refractivity contribution in [3.63, 3.8) is 0 Å². The summed E-state index contributed by atoms with van der Waals surface area (Å²) in [6.45, 7) is 0. The van der Waals surface area contributed by atoms with Crippen molar-refractivity contribution >= 4 is 39.2 Å². The van der Waals surface area contributed by atoms with Crippen LogP contribution in [0.3, 0.4) is 0 Å². The lowest BCUT2D eigenvalue weighted by Crippen LogP contribution is -2.28. The molecule has 0 radical (unpaired) electrons. The third kappa shape index (κ3) is 2.10. The number of amides is 1. The van der Waals surface area contributed by atoms with Gasteiger partial charge < -0.3 is 5.32 Å². The average molecular weight is 274 g/mol. The molecule has 3 nitrogen and oxygen atoms in total. The number of halogens is 1. The first kappa shape index (κ1) is 12.2. The Kier molecular flexibility index (Phi) is 2.79. The van der Waals surface area contributed by atoms with E-state index in [0.717, 1.165) is 10.8 Å². The van der Waals surface area contributed by atoms with Gasteiger partial charge in [0.25, 0.3) is 0 Å². The lowest BCUT2D eigenvalue weighted by molar-refractivity contribution is -0.128. The summed E-state index contributed by atoms with van der Waals surface area (Å²) in [4.78, 5) is 23.3. The number of hydrogen-bond donors (Lipinski definition) is 1. The molecule has 4 heteroatoms. The number of hydrogen-bond acceptors (Lipinski definition) is 2. The second kappa shape index (κ2) is 4.35. The summed E-state index contributed by atoms with van der Waals surface area (Å²) in [5, 5.41) is 4.36. The van der Waals surface area contributed by atoms with Gasteiger partial charge in [0.15, 0.2) is 0 Å². The van der Waals surface area contributed by atoms with Gasteiger partial charge in [-0.15, -0.1) is 0 Å². The molecule has 19 heavy (non-hydrogen) atoms. The van der Waals surface area contributed by atoms with E-state index in [4.69, 9.17) is 11.6 Å². The first-order valence-electron chi connectivity index (χ1n) is 6.12. The van der Waals surface area contributed by atoms with Crippen molar-refractivity contribution in [2.45, 2.75) is 12.8 Å². The molecule has 2 aromatic rings. The highest BCUT2D eigenvalue weighted by Gasteiger charge is 2.55. The van der Waals surface area contributed by atoms with Crippen molar-refractivity contribution in [3.05, 3.63) is 42.5 Å². The van der Waals surface area contributed by atoms with Crippen LogP contribution in [0.2, 0.25) is 0 Å². The summed E-state index contributed by atoms with van der Waals surface area (Å²) < 4.78 is 0. The van der Waals surface area contributed by atoms with E-state index in [9.17, 15) is 9.59 Å². The topological polar surface area (TPSA) is 46.2 Å². The van der Waals surface area contributed by atoms with Gasteiger partial charge in [-0.1, -0.05) is 30.3 Å². The maximum absolute atomic E-state index is 12.1. The Hall–Kier alpha value is -1.87. The Labute approximate surface area is 115 Å². The van der Waals surface area contributed by atoms with E-state index in [-0.39, 0.29) is 5.91 Å². The van der Waals surface area contributed by atoms with Gasteiger partial charge >= 0.3 is 0 Å². The normalized spacial score (nSPS) is 16.1. The van der Waals surface area contributed by atoms with E-state index in [1.54, 1.807) is 0 Å². The van der Waals surface area contributed by atoms with Crippen molar-refractivity contribution < 1.29 is 9.59 Å². The highest BCUT2D eigenvalue weighted by molar-refractivity contribution is 6.67. The summed E-state index contributed by atoms with van der Waals surface area (Å²) in [5.74, 6) is -0.303. The molecule has 96 valence electrons. The molecule has 0 bridgehead atoms. The zero-order valence-corrected chi connectivity index (χ0v) is 10.9. The third-order valence-corrected chi connectivity index (χ3v) is 3.93. The van der Waals surface area contributed by atoms with Crippen LogP contribution in [0.1, 0.15) is 12.8 Å². The molecule has 1 saturated carbocycles. The lowest BCUT2D eigenvalue weighted by atomic mass is 10.1. The van der Waals surface area contributed by atoms with Gasteiger partial charge in [-0.05, 0) is 47.3 Å². The van der Waals surface area contributed by atoms with Crippen LogP contribution in [0.4, 0.5) is 5.69 Å². The van der Waals surface area contributed by atoms with E-state index < -0.39 is 10.7 Å². The number of carbonyl (C=O) groups excluding carboxylic acids is 2. The van der Waals surface area contributed by atoms with Gasteiger partial charge in [-0.2, -0.15) is 0 Å². The summed E-state index contributed by atoms with van der Waals surface area (Å²) in [6.07, 6.45) is 1.07. The van der Waals surface area contributed by atoms with Gasteiger partial charge in [-0.3, -0.25) is 9.59 Å². The summed E-state index contributed by atoms with van der Waals surface area (Å²) in [5.41, 5.74) is -0.305. The molecular formula is C15H12ClNO2.